The summed E-state index contributed by atoms with van der Waals surface area (Å²) in [5, 5.41) is 11.4. The standard InChI is InChI=1S/C12H21N3O4S/c1-6(2)4-8(14-12(13)19)10(16)15-7(3)20-5-9(15)11(17)18/h6-9H,4-5H2,1-3H3,(H,17,18)(H3,13,14,19). The van der Waals surface area contributed by atoms with Crippen LogP contribution in [0, 0.1) is 5.92 Å². The molecule has 0 bridgehead atoms. The predicted octanol–water partition coefficient (Wildman–Crippen LogP) is 0.444. The molecule has 0 radical (unpaired) electrons. The molecule has 3 atom stereocenters. The number of rotatable bonds is 5. The van der Waals surface area contributed by atoms with Gasteiger partial charge in [0.05, 0.1) is 5.37 Å². The number of nitrogens with two attached hydrogens (primary N) is 1. The highest BCUT2D eigenvalue weighted by Crippen LogP contribution is 2.30. The maximum Gasteiger partial charge on any atom is 0.327 e. The first kappa shape index (κ1) is 16.6. The molecule has 0 saturated carbocycles. The van der Waals surface area contributed by atoms with Crippen molar-refractivity contribution in [1.82, 2.24) is 10.2 Å². The van der Waals surface area contributed by atoms with Crippen LogP contribution in [0.3, 0.4) is 0 Å². The smallest absolute Gasteiger partial charge is 0.327 e. The van der Waals surface area contributed by atoms with Gasteiger partial charge in [0.25, 0.3) is 0 Å². The van der Waals surface area contributed by atoms with Crippen molar-refractivity contribution in [1.29, 1.82) is 0 Å². The second-order valence-electron chi connectivity index (χ2n) is 5.22. The molecule has 8 heteroatoms. The molecular formula is C12H21N3O4S. The molecule has 0 aromatic rings. The Morgan fingerprint density at radius 1 is 1.45 bits per heavy atom. The van der Waals surface area contributed by atoms with E-state index in [0.717, 1.165) is 0 Å². The Kier molecular flexibility index (Phi) is 5.67. The minimum absolute atomic E-state index is 0.171. The van der Waals surface area contributed by atoms with E-state index < -0.39 is 24.1 Å². The summed E-state index contributed by atoms with van der Waals surface area (Å²) in [5.74, 6) is -0.891. The van der Waals surface area contributed by atoms with Crippen LogP contribution in [0.25, 0.3) is 0 Å². The lowest BCUT2D eigenvalue weighted by molar-refractivity contribution is -0.149. The second-order valence-corrected chi connectivity index (χ2v) is 6.57. The van der Waals surface area contributed by atoms with Gasteiger partial charge in [-0.2, -0.15) is 0 Å². The Balaban J connectivity index is 2.91. The molecule has 0 aliphatic carbocycles. The topological polar surface area (TPSA) is 113 Å². The number of primary amides is 1. The fourth-order valence-electron chi connectivity index (χ4n) is 2.21. The lowest BCUT2D eigenvalue weighted by Gasteiger charge is -2.30. The SMILES string of the molecule is CC(C)CC(NC(N)=O)C(=O)N1C(C)SCC1C(=O)O. The second kappa shape index (κ2) is 6.83. The third kappa shape index (κ3) is 4.03. The van der Waals surface area contributed by atoms with E-state index in [-0.39, 0.29) is 17.2 Å². The lowest BCUT2D eigenvalue weighted by Crippen LogP contribution is -2.55. The first-order valence-corrected chi connectivity index (χ1v) is 7.51. The minimum atomic E-state index is -1.03. The van der Waals surface area contributed by atoms with Crippen LogP contribution in [0.5, 0.6) is 0 Å². The summed E-state index contributed by atoms with van der Waals surface area (Å²) in [7, 11) is 0. The van der Waals surface area contributed by atoms with Crippen molar-refractivity contribution in [3.8, 4) is 0 Å². The van der Waals surface area contributed by atoms with E-state index in [1.807, 2.05) is 13.8 Å². The number of hydrogen-bond donors (Lipinski definition) is 3. The summed E-state index contributed by atoms with van der Waals surface area (Å²) in [6.07, 6.45) is 0.419. The van der Waals surface area contributed by atoms with Gasteiger partial charge in [0.1, 0.15) is 12.1 Å². The number of aliphatic carboxylic acids is 1. The molecule has 7 nitrogen and oxygen atoms in total. The number of nitrogens with zero attached hydrogens (tertiary/aromatic N) is 1. The molecule has 3 unspecified atom stereocenters. The van der Waals surface area contributed by atoms with Gasteiger partial charge in [-0.25, -0.2) is 9.59 Å². The minimum Gasteiger partial charge on any atom is -0.480 e. The number of nitrogens with one attached hydrogen (secondary N) is 1. The van der Waals surface area contributed by atoms with E-state index in [1.54, 1.807) is 6.92 Å². The van der Waals surface area contributed by atoms with Gasteiger partial charge in [0.2, 0.25) is 5.91 Å². The van der Waals surface area contributed by atoms with E-state index >= 15 is 0 Å². The van der Waals surface area contributed by atoms with E-state index in [0.29, 0.717) is 12.2 Å². The van der Waals surface area contributed by atoms with Crippen molar-refractivity contribution < 1.29 is 19.5 Å². The number of thioether (sulfide) groups is 1. The monoisotopic (exact) mass is 303 g/mol. The highest BCUT2D eigenvalue weighted by molar-refractivity contribution is 8.00. The Bertz CT molecular complexity index is 402. The molecule has 1 rings (SSSR count). The van der Waals surface area contributed by atoms with E-state index in [4.69, 9.17) is 5.73 Å². The van der Waals surface area contributed by atoms with Crippen LogP contribution in [0.15, 0.2) is 0 Å². The Hall–Kier alpha value is -1.44. The van der Waals surface area contributed by atoms with Crippen LogP contribution in [0.1, 0.15) is 27.2 Å². The van der Waals surface area contributed by atoms with E-state index in [1.165, 1.54) is 16.7 Å². The van der Waals surface area contributed by atoms with Crippen LogP contribution in [0.2, 0.25) is 0 Å². The number of hydrogen-bond acceptors (Lipinski definition) is 4. The maximum absolute atomic E-state index is 12.5. The highest BCUT2D eigenvalue weighted by atomic mass is 32.2. The first-order chi connectivity index (χ1) is 9.23. The van der Waals surface area contributed by atoms with Gasteiger partial charge in [-0.1, -0.05) is 13.8 Å². The van der Waals surface area contributed by atoms with Crippen LogP contribution in [-0.4, -0.2) is 51.1 Å². The van der Waals surface area contributed by atoms with Gasteiger partial charge in [-0.3, -0.25) is 4.79 Å². The predicted molar refractivity (Wildman–Crippen MR) is 76.2 cm³/mol. The normalized spacial score (nSPS) is 23.7. The fourth-order valence-corrected chi connectivity index (χ4v) is 3.39. The van der Waals surface area contributed by atoms with Gasteiger partial charge in [-0.05, 0) is 19.3 Å². The largest absolute Gasteiger partial charge is 0.480 e. The van der Waals surface area contributed by atoms with Gasteiger partial charge in [-0.15, -0.1) is 11.8 Å². The van der Waals surface area contributed by atoms with Crippen LogP contribution < -0.4 is 11.1 Å². The van der Waals surface area contributed by atoms with E-state index in [2.05, 4.69) is 5.32 Å². The molecule has 0 aromatic heterocycles. The molecule has 3 amide bonds. The van der Waals surface area contributed by atoms with Crippen molar-refractivity contribution in [2.24, 2.45) is 11.7 Å². The zero-order valence-corrected chi connectivity index (χ0v) is 12.6. The number of carbonyl (C=O) groups is 3. The summed E-state index contributed by atoms with van der Waals surface area (Å²) in [6, 6.07) is -2.42. The number of amides is 3. The van der Waals surface area contributed by atoms with Gasteiger partial charge >= 0.3 is 12.0 Å². The molecule has 1 saturated heterocycles. The van der Waals surface area contributed by atoms with Crippen molar-refractivity contribution in [2.75, 3.05) is 5.75 Å². The summed E-state index contributed by atoms with van der Waals surface area (Å²) in [5.41, 5.74) is 5.09. The zero-order valence-electron chi connectivity index (χ0n) is 11.8. The number of carboxylic acid groups (broad SMARTS) is 1. The molecule has 20 heavy (non-hydrogen) atoms. The zero-order chi connectivity index (χ0) is 15.4. The molecule has 1 fully saturated rings. The molecule has 0 aromatic carbocycles. The molecule has 1 heterocycles. The molecule has 4 N–H and O–H groups in total. The Morgan fingerprint density at radius 2 is 2.05 bits per heavy atom. The van der Waals surface area contributed by atoms with Crippen molar-refractivity contribution >= 4 is 29.7 Å². The number of urea groups is 1. The van der Waals surface area contributed by atoms with E-state index in [9.17, 15) is 19.5 Å². The van der Waals surface area contributed by atoms with Gasteiger partial charge in [0, 0.05) is 5.75 Å². The van der Waals surface area contributed by atoms with Crippen molar-refractivity contribution in [2.45, 2.75) is 44.6 Å². The average Bonchev–Trinajstić information content (AvgIpc) is 2.68. The molecule has 1 aliphatic rings. The number of carboxylic acids is 1. The maximum atomic E-state index is 12.5. The molecule has 0 spiro atoms. The third-order valence-electron chi connectivity index (χ3n) is 3.08. The van der Waals surface area contributed by atoms with Gasteiger partial charge in [0.15, 0.2) is 0 Å². The summed E-state index contributed by atoms with van der Waals surface area (Å²) in [6.45, 7) is 5.61. The average molecular weight is 303 g/mol. The van der Waals surface area contributed by atoms with Crippen LogP contribution >= 0.6 is 11.8 Å². The first-order valence-electron chi connectivity index (χ1n) is 6.46. The summed E-state index contributed by atoms with van der Waals surface area (Å²) in [4.78, 5) is 36.1. The summed E-state index contributed by atoms with van der Waals surface area (Å²) >= 11 is 1.41. The third-order valence-corrected chi connectivity index (χ3v) is 4.30. The molecule has 114 valence electrons. The van der Waals surface area contributed by atoms with Gasteiger partial charge < -0.3 is 21.1 Å². The van der Waals surface area contributed by atoms with Crippen molar-refractivity contribution in [3.05, 3.63) is 0 Å². The highest BCUT2D eigenvalue weighted by Gasteiger charge is 2.42. The quantitative estimate of drug-likeness (QED) is 0.682. The van der Waals surface area contributed by atoms with Crippen LogP contribution in [0.4, 0.5) is 4.79 Å². The summed E-state index contributed by atoms with van der Waals surface area (Å²) < 4.78 is 0. The Labute approximate surface area is 122 Å². The lowest BCUT2D eigenvalue weighted by atomic mass is 10.0. The van der Waals surface area contributed by atoms with Crippen LogP contribution in [-0.2, 0) is 9.59 Å². The molecular weight excluding hydrogens is 282 g/mol. The Morgan fingerprint density at radius 3 is 2.50 bits per heavy atom. The fraction of sp³-hybridized carbons (Fsp3) is 0.750. The number of carbonyl (C=O) groups excluding carboxylic acids is 2. The molecule has 1 aliphatic heterocycles. The van der Waals surface area contributed by atoms with Crippen molar-refractivity contribution in [3.63, 3.8) is 0 Å².